The van der Waals surface area contributed by atoms with Crippen molar-refractivity contribution >= 4 is 76.8 Å². The van der Waals surface area contributed by atoms with Crippen molar-refractivity contribution in [3.63, 3.8) is 0 Å². The van der Waals surface area contributed by atoms with E-state index in [1.807, 2.05) is 23.5 Å². The van der Waals surface area contributed by atoms with Crippen LogP contribution in [0.25, 0.3) is 43.7 Å². The number of nitrogens with zero attached hydrogens (tertiary/aromatic N) is 1. The normalized spacial score (nSPS) is 16.2. The second-order valence-electron chi connectivity index (χ2n) is 7.74. The van der Waals surface area contributed by atoms with Gasteiger partial charge in [0.1, 0.15) is 0 Å². The van der Waals surface area contributed by atoms with Crippen LogP contribution in [-0.4, -0.2) is 4.57 Å². The quantitative estimate of drug-likeness (QED) is 0.226. The number of para-hydroxylation sites is 1. The van der Waals surface area contributed by atoms with Gasteiger partial charge in [0.25, 0.3) is 0 Å². The van der Waals surface area contributed by atoms with Crippen molar-refractivity contribution in [2.24, 2.45) is 0 Å². The van der Waals surface area contributed by atoms with Gasteiger partial charge in [0.15, 0.2) is 0 Å². The van der Waals surface area contributed by atoms with Gasteiger partial charge in [0.2, 0.25) is 0 Å². The summed E-state index contributed by atoms with van der Waals surface area (Å²) in [7, 11) is 0. The van der Waals surface area contributed by atoms with E-state index in [1.54, 1.807) is 0 Å². The maximum Gasteiger partial charge on any atom is 0.0555 e. The van der Waals surface area contributed by atoms with Crippen LogP contribution in [0.15, 0.2) is 65.1 Å². The highest BCUT2D eigenvalue weighted by molar-refractivity contribution is 9.10. The van der Waals surface area contributed by atoms with Gasteiger partial charge in [-0.1, -0.05) is 64.8 Å². The Labute approximate surface area is 186 Å². The Morgan fingerprint density at radius 3 is 2.76 bits per heavy atom. The summed E-state index contributed by atoms with van der Waals surface area (Å²) in [5, 5.41) is 4.77. The van der Waals surface area contributed by atoms with Crippen molar-refractivity contribution in [1.29, 1.82) is 0 Å². The van der Waals surface area contributed by atoms with E-state index in [1.165, 1.54) is 42.3 Å². The summed E-state index contributed by atoms with van der Waals surface area (Å²) < 4.78 is 4.71. The number of benzene rings is 3. The van der Waals surface area contributed by atoms with Gasteiger partial charge in [-0.25, -0.2) is 0 Å². The van der Waals surface area contributed by atoms with Crippen LogP contribution in [0.4, 0.5) is 0 Å². The Morgan fingerprint density at radius 1 is 1.03 bits per heavy atom. The molecule has 1 atom stereocenters. The first-order chi connectivity index (χ1) is 14.1. The summed E-state index contributed by atoms with van der Waals surface area (Å²) >= 11 is 11.9. The molecule has 0 aliphatic heterocycles. The molecule has 0 radical (unpaired) electrons. The highest BCUT2D eigenvalue weighted by Gasteiger charge is 2.22. The molecule has 1 nitrogen and oxygen atoms in total. The Hall–Kier alpha value is -2.07. The zero-order valence-corrected chi connectivity index (χ0v) is 18.9. The number of allylic oxidation sites excluding steroid dienone is 1. The molecule has 142 valence electrons. The fourth-order valence-corrected chi connectivity index (χ4v) is 6.97. The third-order valence-corrected chi connectivity index (χ3v) is 7.80. The molecule has 4 heteroatoms. The van der Waals surface area contributed by atoms with E-state index >= 15 is 0 Å². The molecule has 3 aromatic carbocycles. The third-order valence-electron chi connectivity index (χ3n) is 5.92. The van der Waals surface area contributed by atoms with E-state index in [-0.39, 0.29) is 0 Å². The summed E-state index contributed by atoms with van der Waals surface area (Å²) in [5.74, 6) is 0.568. The minimum atomic E-state index is 0.568. The van der Waals surface area contributed by atoms with E-state index in [9.17, 15) is 0 Å². The lowest BCUT2D eigenvalue weighted by molar-refractivity contribution is 0.783. The van der Waals surface area contributed by atoms with Gasteiger partial charge >= 0.3 is 0 Å². The molecule has 2 aromatic heterocycles. The lowest BCUT2D eigenvalue weighted by Gasteiger charge is -2.14. The second kappa shape index (κ2) is 6.46. The number of fused-ring (bicyclic) bond motifs is 7. The van der Waals surface area contributed by atoms with E-state index < -0.39 is 0 Å². The van der Waals surface area contributed by atoms with Crippen molar-refractivity contribution in [1.82, 2.24) is 4.57 Å². The van der Waals surface area contributed by atoms with E-state index in [4.69, 9.17) is 11.6 Å². The molecule has 1 aliphatic rings. The van der Waals surface area contributed by atoms with Crippen LogP contribution in [0.5, 0.6) is 0 Å². The smallest absolute Gasteiger partial charge is 0.0555 e. The Morgan fingerprint density at radius 2 is 1.90 bits per heavy atom. The first-order valence-electron chi connectivity index (χ1n) is 9.73. The van der Waals surface area contributed by atoms with Crippen LogP contribution in [0.1, 0.15) is 29.7 Å². The molecular weight excluding hydrogens is 462 g/mol. The molecule has 0 fully saturated rings. The zero-order chi connectivity index (χ0) is 19.7. The summed E-state index contributed by atoms with van der Waals surface area (Å²) in [6.07, 6.45) is 5.74. The van der Waals surface area contributed by atoms with Gasteiger partial charge in [0.05, 0.1) is 11.0 Å². The van der Waals surface area contributed by atoms with Crippen LogP contribution in [-0.2, 0) is 0 Å². The predicted octanol–water partition coefficient (Wildman–Crippen LogP) is 8.93. The molecule has 0 bridgehead atoms. The summed E-state index contributed by atoms with van der Waals surface area (Å²) in [4.78, 5) is 1.41. The second-order valence-corrected chi connectivity index (χ2v) is 10.1. The number of hydrogen-bond donors (Lipinski definition) is 0. The molecule has 0 saturated carbocycles. The van der Waals surface area contributed by atoms with Crippen LogP contribution in [0.2, 0.25) is 5.02 Å². The summed E-state index contributed by atoms with van der Waals surface area (Å²) in [5.41, 5.74) is 5.02. The number of thiophene rings is 1. The van der Waals surface area contributed by atoms with Crippen molar-refractivity contribution in [2.45, 2.75) is 19.3 Å². The Kier molecular flexibility index (Phi) is 3.96. The SMILES string of the molecule is CC1CC=Cc2sc3c(ccc4c3c3ccccc3n4-c3cc(Cl)cc(Br)c3)c21. The first-order valence-corrected chi connectivity index (χ1v) is 11.7. The maximum absolute atomic E-state index is 6.40. The van der Waals surface area contributed by atoms with Crippen molar-refractivity contribution in [2.75, 3.05) is 0 Å². The fraction of sp³-hybridized carbons (Fsp3) is 0.120. The molecule has 0 N–H and O–H groups in total. The topological polar surface area (TPSA) is 4.93 Å². The molecule has 0 spiro atoms. The van der Waals surface area contributed by atoms with Gasteiger partial charge in [-0.3, -0.25) is 0 Å². The standard InChI is InChI=1S/C25H17BrClNS/c1-14-5-4-8-22-23(14)19-9-10-21-24(25(19)29-22)18-6-2-3-7-20(18)28(21)17-12-15(26)11-16(27)13-17/h2-4,6-14H,5H2,1H3. The number of aromatic nitrogens is 1. The van der Waals surface area contributed by atoms with E-state index in [0.717, 1.165) is 21.6 Å². The van der Waals surface area contributed by atoms with Gasteiger partial charge < -0.3 is 4.57 Å². The average Bonchev–Trinajstić information content (AvgIpc) is 3.23. The number of halogens is 2. The summed E-state index contributed by atoms with van der Waals surface area (Å²) in [6.45, 7) is 2.34. The van der Waals surface area contributed by atoms with Gasteiger partial charge in [-0.2, -0.15) is 0 Å². The zero-order valence-electron chi connectivity index (χ0n) is 15.7. The van der Waals surface area contributed by atoms with Gasteiger partial charge in [-0.15, -0.1) is 11.3 Å². The average molecular weight is 479 g/mol. The third kappa shape index (κ3) is 2.58. The predicted molar refractivity (Wildman–Crippen MR) is 131 cm³/mol. The van der Waals surface area contributed by atoms with Crippen LogP contribution in [0.3, 0.4) is 0 Å². The number of hydrogen-bond acceptors (Lipinski definition) is 1. The molecule has 5 aromatic rings. The van der Waals surface area contributed by atoms with E-state index in [2.05, 4.69) is 82.0 Å². The fourth-order valence-electron chi connectivity index (χ4n) is 4.72. The Bertz CT molecular complexity index is 1450. The minimum Gasteiger partial charge on any atom is -0.309 e. The number of rotatable bonds is 1. The van der Waals surface area contributed by atoms with Crippen molar-refractivity contribution < 1.29 is 0 Å². The largest absolute Gasteiger partial charge is 0.309 e. The van der Waals surface area contributed by atoms with Crippen molar-refractivity contribution in [3.8, 4) is 5.69 Å². The van der Waals surface area contributed by atoms with Gasteiger partial charge in [-0.05, 0) is 59.7 Å². The molecule has 0 saturated heterocycles. The first kappa shape index (κ1) is 17.8. The lowest BCUT2D eigenvalue weighted by Crippen LogP contribution is -1.96. The van der Waals surface area contributed by atoms with E-state index in [0.29, 0.717) is 5.92 Å². The molecule has 6 rings (SSSR count). The molecule has 0 amide bonds. The maximum atomic E-state index is 6.40. The highest BCUT2D eigenvalue weighted by Crippen LogP contribution is 2.46. The van der Waals surface area contributed by atoms with Crippen LogP contribution >= 0.6 is 38.9 Å². The summed E-state index contributed by atoms with van der Waals surface area (Å²) in [6, 6.07) is 19.4. The van der Waals surface area contributed by atoms with Gasteiger partial charge in [0, 0.05) is 35.5 Å². The van der Waals surface area contributed by atoms with Crippen LogP contribution < -0.4 is 0 Å². The minimum absolute atomic E-state index is 0.568. The molecule has 2 heterocycles. The lowest BCUT2D eigenvalue weighted by atomic mass is 9.90. The molecule has 1 aliphatic carbocycles. The monoisotopic (exact) mass is 477 g/mol. The molecule has 1 unspecified atom stereocenters. The van der Waals surface area contributed by atoms with Crippen LogP contribution in [0, 0.1) is 0 Å². The Balaban J connectivity index is 1.80. The molecular formula is C25H17BrClNS. The molecule has 29 heavy (non-hydrogen) atoms. The highest BCUT2D eigenvalue weighted by atomic mass is 79.9. The van der Waals surface area contributed by atoms with Crippen molar-refractivity contribution in [3.05, 3.63) is 80.6 Å².